The summed E-state index contributed by atoms with van der Waals surface area (Å²) in [6.07, 6.45) is 1.08. The van der Waals surface area contributed by atoms with E-state index in [1.54, 1.807) is 16.7 Å². The zero-order valence-corrected chi connectivity index (χ0v) is 15.5. The molecule has 0 saturated carbocycles. The van der Waals surface area contributed by atoms with Crippen LogP contribution in [-0.2, 0) is 9.59 Å². The van der Waals surface area contributed by atoms with E-state index in [2.05, 4.69) is 17.6 Å². The van der Waals surface area contributed by atoms with Crippen LogP contribution in [0.5, 0.6) is 0 Å². The summed E-state index contributed by atoms with van der Waals surface area (Å²) in [5.74, 6) is 1.85. The molecule has 5 nitrogen and oxygen atoms in total. The Morgan fingerprint density at radius 1 is 1.32 bits per heavy atom. The molecule has 2 saturated heterocycles. The summed E-state index contributed by atoms with van der Waals surface area (Å²) in [5.41, 5.74) is -0.441. The fourth-order valence-electron chi connectivity index (χ4n) is 2.75. The van der Waals surface area contributed by atoms with Gasteiger partial charge < -0.3 is 15.5 Å². The van der Waals surface area contributed by atoms with E-state index in [1.165, 1.54) is 0 Å². The second-order valence-corrected chi connectivity index (χ2v) is 8.13. The number of nitrogens with zero attached hydrogens (tertiary/aromatic N) is 1. The van der Waals surface area contributed by atoms with Gasteiger partial charge in [-0.1, -0.05) is 27.7 Å². The fourth-order valence-corrected chi connectivity index (χ4v) is 3.91. The van der Waals surface area contributed by atoms with Crippen molar-refractivity contribution in [2.45, 2.75) is 46.2 Å². The molecule has 0 aromatic rings. The van der Waals surface area contributed by atoms with Gasteiger partial charge in [0.05, 0.1) is 5.88 Å². The third kappa shape index (κ3) is 4.52. The van der Waals surface area contributed by atoms with Gasteiger partial charge in [-0.2, -0.15) is 0 Å². The van der Waals surface area contributed by atoms with E-state index in [9.17, 15) is 9.59 Å². The van der Waals surface area contributed by atoms with Crippen molar-refractivity contribution in [3.8, 4) is 0 Å². The number of nitrogens with one attached hydrogen (secondary N) is 2. The number of hydrogen-bond acceptors (Lipinski definition) is 4. The summed E-state index contributed by atoms with van der Waals surface area (Å²) in [5, 5.41) is 6.46. The molecule has 2 aliphatic rings. The highest BCUT2D eigenvalue weighted by Crippen LogP contribution is 2.27. The maximum atomic E-state index is 12.6. The average molecular weight is 350 g/mol. The van der Waals surface area contributed by atoms with Crippen LogP contribution >= 0.6 is 24.2 Å². The fraction of sp³-hybridized carbons (Fsp3) is 0.867. The topological polar surface area (TPSA) is 61.4 Å². The third-order valence-corrected chi connectivity index (χ3v) is 5.25. The zero-order chi connectivity index (χ0) is 15.6. The summed E-state index contributed by atoms with van der Waals surface area (Å²) in [6, 6.07) is -0.153. The molecule has 2 N–H and O–H groups in total. The van der Waals surface area contributed by atoms with Gasteiger partial charge in [-0.25, -0.2) is 0 Å². The van der Waals surface area contributed by atoms with E-state index in [0.29, 0.717) is 17.5 Å². The van der Waals surface area contributed by atoms with Gasteiger partial charge in [-0.3, -0.25) is 9.59 Å². The van der Waals surface area contributed by atoms with Crippen molar-refractivity contribution in [3.05, 3.63) is 0 Å². The number of amides is 2. The molecule has 0 aromatic heterocycles. The van der Waals surface area contributed by atoms with Crippen molar-refractivity contribution in [2.24, 2.45) is 11.3 Å². The van der Waals surface area contributed by atoms with Gasteiger partial charge in [0, 0.05) is 23.8 Å². The first-order valence-corrected chi connectivity index (χ1v) is 8.86. The van der Waals surface area contributed by atoms with E-state index in [-0.39, 0.29) is 36.3 Å². The van der Waals surface area contributed by atoms with Gasteiger partial charge in [0.25, 0.3) is 0 Å². The van der Waals surface area contributed by atoms with Crippen molar-refractivity contribution in [1.82, 2.24) is 15.5 Å². The van der Waals surface area contributed by atoms with E-state index >= 15 is 0 Å². The van der Waals surface area contributed by atoms with Crippen LogP contribution in [-0.4, -0.2) is 53.5 Å². The van der Waals surface area contributed by atoms with Crippen LogP contribution in [0.1, 0.15) is 34.1 Å². The maximum absolute atomic E-state index is 12.6. The normalized spacial score (nSPS) is 28.9. The molecule has 0 bridgehead atoms. The van der Waals surface area contributed by atoms with E-state index < -0.39 is 5.41 Å². The summed E-state index contributed by atoms with van der Waals surface area (Å²) < 4.78 is 0. The van der Waals surface area contributed by atoms with Crippen LogP contribution in [0.3, 0.4) is 0 Å². The van der Waals surface area contributed by atoms with Gasteiger partial charge >= 0.3 is 0 Å². The molecular formula is C15H28ClN3O2S. The molecule has 2 amide bonds. The highest BCUT2D eigenvalue weighted by atomic mass is 35.5. The highest BCUT2D eigenvalue weighted by molar-refractivity contribution is 7.99. The number of halogens is 1. The first-order chi connectivity index (χ1) is 9.80. The molecule has 0 spiro atoms. The van der Waals surface area contributed by atoms with Gasteiger partial charge in [0.2, 0.25) is 11.8 Å². The lowest BCUT2D eigenvalue weighted by Gasteiger charge is -2.33. The molecule has 2 aliphatic heterocycles. The quantitative estimate of drug-likeness (QED) is 0.792. The van der Waals surface area contributed by atoms with E-state index in [1.807, 2.05) is 20.8 Å². The molecule has 0 radical (unpaired) electrons. The lowest BCUT2D eigenvalue weighted by molar-refractivity contribution is -0.144. The predicted molar refractivity (Wildman–Crippen MR) is 93.2 cm³/mol. The summed E-state index contributed by atoms with van der Waals surface area (Å²) in [7, 11) is 0. The van der Waals surface area contributed by atoms with Crippen molar-refractivity contribution in [1.29, 1.82) is 0 Å². The number of piperidine rings is 1. The highest BCUT2D eigenvalue weighted by Gasteiger charge is 2.39. The van der Waals surface area contributed by atoms with Crippen LogP contribution in [0, 0.1) is 11.3 Å². The van der Waals surface area contributed by atoms with Gasteiger partial charge in [-0.15, -0.1) is 24.2 Å². The molecule has 2 fully saturated rings. The smallest absolute Gasteiger partial charge is 0.243 e. The maximum Gasteiger partial charge on any atom is 0.243 e. The number of rotatable bonds is 2. The van der Waals surface area contributed by atoms with Crippen molar-refractivity contribution < 1.29 is 9.59 Å². The molecule has 7 heteroatoms. The lowest BCUT2D eigenvalue weighted by atomic mass is 9.93. The molecule has 0 aromatic carbocycles. The number of thioether (sulfide) groups is 1. The van der Waals surface area contributed by atoms with Crippen LogP contribution in [0.2, 0.25) is 0 Å². The van der Waals surface area contributed by atoms with E-state index in [0.717, 1.165) is 19.5 Å². The average Bonchev–Trinajstić information content (AvgIpc) is 2.88. The Labute approximate surface area is 143 Å². The Balaban J connectivity index is 0.00000242. The summed E-state index contributed by atoms with van der Waals surface area (Å²) >= 11 is 1.65. The monoisotopic (exact) mass is 349 g/mol. The molecule has 128 valence electrons. The Hall–Kier alpha value is -0.460. The first kappa shape index (κ1) is 19.6. The van der Waals surface area contributed by atoms with E-state index in [4.69, 9.17) is 0 Å². The Kier molecular flexibility index (Phi) is 7.02. The molecule has 3 unspecified atom stereocenters. The molecule has 22 heavy (non-hydrogen) atoms. The second kappa shape index (κ2) is 7.88. The second-order valence-electron chi connectivity index (χ2n) is 7.13. The minimum atomic E-state index is -0.441. The van der Waals surface area contributed by atoms with Crippen molar-refractivity contribution in [3.63, 3.8) is 0 Å². The summed E-state index contributed by atoms with van der Waals surface area (Å²) in [4.78, 5) is 26.8. The van der Waals surface area contributed by atoms with Crippen LogP contribution in [0.4, 0.5) is 0 Å². The largest absolute Gasteiger partial charge is 0.350 e. The molecular weight excluding hydrogens is 322 g/mol. The van der Waals surface area contributed by atoms with Gasteiger partial charge in [0.15, 0.2) is 0 Å². The molecule has 2 rings (SSSR count). The Bertz CT molecular complexity index is 414. The van der Waals surface area contributed by atoms with Gasteiger partial charge in [0.1, 0.15) is 6.04 Å². The molecule has 3 atom stereocenters. The van der Waals surface area contributed by atoms with Crippen LogP contribution in [0.25, 0.3) is 0 Å². The van der Waals surface area contributed by atoms with Gasteiger partial charge in [-0.05, 0) is 18.9 Å². The lowest BCUT2D eigenvalue weighted by Crippen LogP contribution is -2.56. The number of carbonyl (C=O) groups is 2. The minimum Gasteiger partial charge on any atom is -0.350 e. The molecule has 0 aliphatic carbocycles. The Morgan fingerprint density at radius 2 is 2.00 bits per heavy atom. The van der Waals surface area contributed by atoms with Crippen LogP contribution < -0.4 is 10.6 Å². The number of hydrogen-bond donors (Lipinski definition) is 2. The predicted octanol–water partition coefficient (Wildman–Crippen LogP) is 1.47. The first-order valence-electron chi connectivity index (χ1n) is 7.70. The third-order valence-electron chi connectivity index (χ3n) is 4.24. The molecule has 2 heterocycles. The zero-order valence-electron chi connectivity index (χ0n) is 13.8. The van der Waals surface area contributed by atoms with Crippen molar-refractivity contribution in [2.75, 3.05) is 24.7 Å². The van der Waals surface area contributed by atoms with Crippen molar-refractivity contribution >= 4 is 36.0 Å². The Morgan fingerprint density at radius 3 is 2.59 bits per heavy atom. The number of carbonyl (C=O) groups excluding carboxylic acids is 2. The van der Waals surface area contributed by atoms with Crippen LogP contribution in [0.15, 0.2) is 0 Å². The summed E-state index contributed by atoms with van der Waals surface area (Å²) in [6.45, 7) is 9.72. The SMILES string of the molecule is CC1CCNCC1NC(=O)C1CSCN1C(=O)C(C)(C)C.Cl. The standard InChI is InChI=1S/C15H27N3O2S.ClH/c1-10-5-6-16-7-11(10)17-13(19)12-8-21-9-18(12)14(20)15(2,3)4;/h10-12,16H,5-9H2,1-4H3,(H,17,19);1H. The minimum absolute atomic E-state index is 0.